The summed E-state index contributed by atoms with van der Waals surface area (Å²) in [4.78, 5) is 139. The molecule has 0 saturated carbocycles. The van der Waals surface area contributed by atoms with Gasteiger partial charge in [-0.3, -0.25) is 53.3 Å². The Bertz CT molecular complexity index is 2990. The average molecular weight is 1270 g/mol. The largest absolute Gasteiger partial charge is 0.508 e. The number of phenols is 3. The Balaban J connectivity index is 2.02. The van der Waals surface area contributed by atoms with Gasteiger partial charge in [-0.2, -0.15) is 0 Å². The zero-order valence-corrected chi connectivity index (χ0v) is 52.2. The molecule has 0 saturated heterocycles. The lowest BCUT2D eigenvalue weighted by molar-refractivity contribution is -0.143. The second-order valence-corrected chi connectivity index (χ2v) is 22.9. The molecule has 0 aliphatic heterocycles. The molecule has 0 bridgehead atoms. The predicted octanol–water partition coefficient (Wildman–Crippen LogP) is -2.75. The Kier molecular flexibility index (Phi) is 31.3. The van der Waals surface area contributed by atoms with Gasteiger partial charge in [0.2, 0.25) is 47.3 Å². The molecular formula is C60H92N18O13. The number of aliphatic imine (C=N–C) groups is 3. The number of carbonyl (C=O) groups excluding carboxylic acids is 8. The van der Waals surface area contributed by atoms with Crippen LogP contribution in [-0.2, 0) is 62.4 Å². The number of rotatable bonds is 38. The van der Waals surface area contributed by atoms with Crippen molar-refractivity contribution in [1.82, 2.24) is 42.5 Å². The first-order valence-corrected chi connectivity index (χ1v) is 29.8. The first-order valence-electron chi connectivity index (χ1n) is 29.8. The minimum Gasteiger partial charge on any atom is -0.508 e. The summed E-state index contributed by atoms with van der Waals surface area (Å²) in [6.45, 7) is 9.80. The number of nitrogens with one attached hydrogen (secondary N) is 8. The molecule has 3 rings (SSSR count). The SMILES string of the molecule is CC(C)[C@H](NC(=O)[C@H](Cc1ccc(O)cc1)NC(=O)[C@H](CCCN=C(N)N)NC(=O)[C@@H](NC(=O)[C@H](Cc1ccc(O)cc1)NC(=O)[C@H](CCCN=C(N)N)NC(=O)[C@@H](NC(=O)[C@H](Cc1ccc(O)cc1)NC(=O)[C@@H](N)CCCN=C(N)N)C(C)C)C(C)C)C(=O)O. The molecule has 3 aromatic carbocycles. The van der Waals surface area contributed by atoms with E-state index < -0.39 is 125 Å². The predicted molar refractivity (Wildman–Crippen MR) is 341 cm³/mol. The number of carbonyl (C=O) groups is 9. The minimum absolute atomic E-state index is 0.00243. The molecule has 26 N–H and O–H groups in total. The van der Waals surface area contributed by atoms with E-state index in [9.17, 15) is 63.6 Å². The van der Waals surface area contributed by atoms with Crippen molar-refractivity contribution >= 4 is 71.1 Å². The van der Waals surface area contributed by atoms with Gasteiger partial charge in [-0.15, -0.1) is 0 Å². The third-order valence-electron chi connectivity index (χ3n) is 14.2. The van der Waals surface area contributed by atoms with Gasteiger partial charge < -0.3 is 103 Å². The molecule has 0 unspecified atom stereocenters. The Morgan fingerprint density at radius 1 is 0.363 bits per heavy atom. The van der Waals surface area contributed by atoms with Crippen LogP contribution < -0.4 is 82.7 Å². The van der Waals surface area contributed by atoms with Crippen LogP contribution in [0.3, 0.4) is 0 Å². The lowest BCUT2D eigenvalue weighted by Gasteiger charge is -2.30. The molecule has 0 spiro atoms. The Morgan fingerprint density at radius 2 is 0.615 bits per heavy atom. The highest BCUT2D eigenvalue weighted by Crippen LogP contribution is 2.17. The molecule has 0 aliphatic rings. The van der Waals surface area contributed by atoms with E-state index >= 15 is 0 Å². The van der Waals surface area contributed by atoms with Crippen LogP contribution >= 0.6 is 0 Å². The van der Waals surface area contributed by atoms with Crippen LogP contribution in [0.2, 0.25) is 0 Å². The standard InChI is InChI=1S/C60H92N18O13/c1-31(2)46(76-52(85)43(28-34-13-19-37(79)20-14-34)73-49(82)40(61)10-7-25-68-58(62)63)55(88)71-41(11-8-26-69-59(64)65)50(83)74-44(29-35-15-21-38(80)22-16-35)53(86)77-47(32(3)4)56(89)72-42(12-9-27-70-60(66)67)51(84)75-45(30-36-17-23-39(81)24-18-36)54(87)78-48(33(5)6)57(90)91/h13-24,31-33,40-48,79-81H,7-12,25-30,61H2,1-6H3,(H,71,88)(H,72,89)(H,73,82)(H,74,83)(H,75,84)(H,76,85)(H,77,86)(H,78,87)(H,90,91)(H4,62,63,68)(H4,64,65,69)(H4,66,67,70)/t40-,41-,42-,43-,44-,45-,46-,47-,48-/m0/s1. The number of carboxylic acids is 1. The second-order valence-electron chi connectivity index (χ2n) is 22.9. The van der Waals surface area contributed by atoms with E-state index in [1.165, 1.54) is 60.7 Å². The Hall–Kier alpha value is -9.94. The van der Waals surface area contributed by atoms with Crippen molar-refractivity contribution < 1.29 is 63.6 Å². The van der Waals surface area contributed by atoms with Crippen LogP contribution in [0.4, 0.5) is 0 Å². The van der Waals surface area contributed by atoms with Gasteiger partial charge >= 0.3 is 5.97 Å². The summed E-state index contributed by atoms with van der Waals surface area (Å²) in [5.74, 6) is -11.0. The number of aromatic hydroxyl groups is 3. The molecule has 91 heavy (non-hydrogen) atoms. The first kappa shape index (κ1) is 75.3. The van der Waals surface area contributed by atoms with Crippen LogP contribution in [0, 0.1) is 17.8 Å². The number of carboxylic acid groups (broad SMARTS) is 1. The fraction of sp³-hybridized carbons (Fsp3) is 0.500. The van der Waals surface area contributed by atoms with E-state index in [0.717, 1.165) is 0 Å². The van der Waals surface area contributed by atoms with Crippen molar-refractivity contribution in [2.24, 2.45) is 72.9 Å². The molecule has 0 radical (unpaired) electrons. The third kappa shape index (κ3) is 27.6. The van der Waals surface area contributed by atoms with Gasteiger partial charge in [0.25, 0.3) is 0 Å². The fourth-order valence-corrected chi connectivity index (χ4v) is 9.12. The average Bonchev–Trinajstić information content (AvgIpc) is 1.93. The van der Waals surface area contributed by atoms with Gasteiger partial charge in [-0.25, -0.2) is 4.79 Å². The number of guanidine groups is 3. The number of hydrogen-bond donors (Lipinski definition) is 19. The van der Waals surface area contributed by atoms with Gasteiger partial charge in [0.15, 0.2) is 17.9 Å². The van der Waals surface area contributed by atoms with E-state index in [1.807, 2.05) is 0 Å². The van der Waals surface area contributed by atoms with Crippen molar-refractivity contribution in [2.45, 2.75) is 154 Å². The number of amides is 8. The van der Waals surface area contributed by atoms with Crippen molar-refractivity contribution in [3.8, 4) is 17.2 Å². The van der Waals surface area contributed by atoms with Gasteiger partial charge in [0, 0.05) is 38.9 Å². The first-order chi connectivity index (χ1) is 42.8. The number of phenolic OH excluding ortho intramolecular Hbond substituents is 3. The smallest absolute Gasteiger partial charge is 0.326 e. The maximum atomic E-state index is 14.8. The maximum Gasteiger partial charge on any atom is 0.326 e. The normalized spacial score (nSPS) is 14.0. The minimum atomic E-state index is -1.52. The van der Waals surface area contributed by atoms with Gasteiger partial charge in [0.05, 0.1) is 6.04 Å². The van der Waals surface area contributed by atoms with Crippen molar-refractivity contribution in [2.75, 3.05) is 19.6 Å². The summed E-state index contributed by atoms with van der Waals surface area (Å²) in [6.07, 6.45) is -0.140. The van der Waals surface area contributed by atoms with Crippen LogP contribution in [0.25, 0.3) is 0 Å². The molecule has 31 nitrogen and oxygen atoms in total. The molecule has 3 aromatic rings. The molecule has 8 amide bonds. The lowest BCUT2D eigenvalue weighted by Crippen LogP contribution is -2.62. The van der Waals surface area contributed by atoms with E-state index in [-0.39, 0.29) is 106 Å². The number of benzene rings is 3. The summed E-state index contributed by atoms with van der Waals surface area (Å²) >= 11 is 0. The van der Waals surface area contributed by atoms with Crippen LogP contribution in [-0.4, -0.2) is 166 Å². The van der Waals surface area contributed by atoms with Crippen LogP contribution in [0.1, 0.15) is 96.8 Å². The van der Waals surface area contributed by atoms with Gasteiger partial charge in [-0.05, 0) is 109 Å². The summed E-state index contributed by atoms with van der Waals surface area (Å²) in [5, 5.41) is 61.2. The lowest BCUT2D eigenvalue weighted by atomic mass is 9.98. The molecule has 9 atom stereocenters. The highest BCUT2D eigenvalue weighted by Gasteiger charge is 2.37. The summed E-state index contributed by atoms with van der Waals surface area (Å²) in [5.41, 5.74) is 40.7. The van der Waals surface area contributed by atoms with E-state index in [4.69, 9.17) is 40.1 Å². The Morgan fingerprint density at radius 3 is 0.890 bits per heavy atom. The van der Waals surface area contributed by atoms with Crippen molar-refractivity contribution in [3.63, 3.8) is 0 Å². The molecule has 0 fully saturated rings. The van der Waals surface area contributed by atoms with E-state index in [2.05, 4.69) is 57.5 Å². The summed E-state index contributed by atoms with van der Waals surface area (Å²) in [7, 11) is 0. The monoisotopic (exact) mass is 1270 g/mol. The molecule has 0 aromatic heterocycles. The van der Waals surface area contributed by atoms with E-state index in [0.29, 0.717) is 23.1 Å². The fourth-order valence-electron chi connectivity index (χ4n) is 9.12. The quantitative estimate of drug-likeness (QED) is 0.0157. The van der Waals surface area contributed by atoms with E-state index in [1.54, 1.807) is 53.7 Å². The maximum absolute atomic E-state index is 14.8. The molecule has 500 valence electrons. The van der Waals surface area contributed by atoms with Crippen molar-refractivity contribution in [3.05, 3.63) is 89.5 Å². The number of nitrogens with zero attached hydrogens (tertiary/aromatic N) is 3. The number of aliphatic carboxylic acids is 1. The Labute approximate surface area is 528 Å². The zero-order valence-electron chi connectivity index (χ0n) is 52.2. The van der Waals surface area contributed by atoms with Crippen molar-refractivity contribution in [1.29, 1.82) is 0 Å². The number of hydrogen-bond acceptors (Lipinski definition) is 16. The summed E-state index contributed by atoms with van der Waals surface area (Å²) < 4.78 is 0. The highest BCUT2D eigenvalue weighted by molar-refractivity contribution is 5.98. The van der Waals surface area contributed by atoms with Gasteiger partial charge in [0.1, 0.15) is 65.6 Å². The molecular weight excluding hydrogens is 1180 g/mol. The second kappa shape index (κ2) is 37.8. The van der Waals surface area contributed by atoms with Crippen LogP contribution in [0.15, 0.2) is 87.8 Å². The molecule has 0 heterocycles. The topological polar surface area (TPSA) is 550 Å². The molecule has 0 aliphatic carbocycles. The van der Waals surface area contributed by atoms with Gasteiger partial charge in [-0.1, -0.05) is 77.9 Å². The highest BCUT2D eigenvalue weighted by atomic mass is 16.4. The third-order valence-corrected chi connectivity index (χ3v) is 14.2. The zero-order chi connectivity index (χ0) is 68.1. The van der Waals surface area contributed by atoms with Crippen LogP contribution in [0.5, 0.6) is 17.2 Å². The summed E-state index contributed by atoms with van der Waals surface area (Å²) in [6, 6.07) is 4.87. The number of nitrogens with two attached hydrogens (primary N) is 7. The molecule has 31 heteroatoms.